The molecule has 248 valence electrons. The number of nitrogens with zero attached hydrogens (tertiary/aromatic N) is 8. The smallest absolute Gasteiger partial charge is 0.419 e. The van der Waals surface area contributed by atoms with Gasteiger partial charge in [-0.2, -0.15) is 9.56 Å². The number of rotatable bonds is 8. The molecular formula is C36H42N9O3+. The monoisotopic (exact) mass is 648 g/mol. The molecule has 12 nitrogen and oxygen atoms in total. The van der Waals surface area contributed by atoms with Crippen molar-refractivity contribution in [2.24, 2.45) is 0 Å². The third-order valence-electron chi connectivity index (χ3n) is 10.4. The normalized spacial score (nSPS) is 21.4. The average molecular weight is 649 g/mol. The maximum atomic E-state index is 13.0. The van der Waals surface area contributed by atoms with Crippen molar-refractivity contribution in [2.45, 2.75) is 63.3 Å². The quantitative estimate of drug-likeness (QED) is 0.277. The van der Waals surface area contributed by atoms with Crippen LogP contribution in [0.4, 0.5) is 17.5 Å². The summed E-state index contributed by atoms with van der Waals surface area (Å²) in [5, 5.41) is 4.15. The number of piperazine rings is 1. The summed E-state index contributed by atoms with van der Waals surface area (Å²) < 4.78 is 9.96. The molecule has 48 heavy (non-hydrogen) atoms. The molecule has 8 rings (SSSR count). The maximum absolute atomic E-state index is 13.0. The summed E-state index contributed by atoms with van der Waals surface area (Å²) in [6.07, 6.45) is 10.3. The number of ether oxygens (including phenoxy) is 1. The summed E-state index contributed by atoms with van der Waals surface area (Å²) in [5.74, 6) is 1.91. The fourth-order valence-electron chi connectivity index (χ4n) is 7.69. The number of amides is 2. The third-order valence-corrected chi connectivity index (χ3v) is 10.4. The highest BCUT2D eigenvalue weighted by Gasteiger charge is 2.39. The molecule has 3 aromatic heterocycles. The van der Waals surface area contributed by atoms with E-state index in [-0.39, 0.29) is 24.0 Å². The molecule has 1 saturated heterocycles. The second-order valence-corrected chi connectivity index (χ2v) is 13.7. The van der Waals surface area contributed by atoms with Crippen LogP contribution in [0.2, 0.25) is 0 Å². The van der Waals surface area contributed by atoms with Gasteiger partial charge in [-0.05, 0) is 43.2 Å². The molecule has 12 heteroatoms. The van der Waals surface area contributed by atoms with Crippen molar-refractivity contribution in [3.05, 3.63) is 65.6 Å². The lowest BCUT2D eigenvalue weighted by Crippen LogP contribution is -2.56. The molecule has 2 aliphatic heterocycles. The van der Waals surface area contributed by atoms with Gasteiger partial charge in [-0.25, -0.2) is 14.8 Å². The van der Waals surface area contributed by atoms with E-state index in [1.54, 1.807) is 25.2 Å². The van der Waals surface area contributed by atoms with Gasteiger partial charge in [0.05, 0.1) is 17.4 Å². The van der Waals surface area contributed by atoms with Crippen LogP contribution in [0.15, 0.2) is 48.8 Å². The van der Waals surface area contributed by atoms with Crippen LogP contribution in [-0.4, -0.2) is 105 Å². The molecule has 4 aliphatic rings. The second-order valence-electron chi connectivity index (χ2n) is 13.7. The minimum absolute atomic E-state index is 0.0183. The number of hydrogen-bond donors (Lipinski definition) is 1. The number of anilines is 3. The minimum atomic E-state index is -0.0356. The van der Waals surface area contributed by atoms with Gasteiger partial charge < -0.3 is 24.4 Å². The Balaban J connectivity index is 0.865. The van der Waals surface area contributed by atoms with Crippen molar-refractivity contribution in [1.29, 1.82) is 0 Å². The van der Waals surface area contributed by atoms with Crippen LogP contribution in [0.1, 0.15) is 71.0 Å². The van der Waals surface area contributed by atoms with Gasteiger partial charge in [0.15, 0.2) is 6.54 Å². The van der Waals surface area contributed by atoms with Crippen molar-refractivity contribution in [3.63, 3.8) is 0 Å². The van der Waals surface area contributed by atoms with Gasteiger partial charge in [0.2, 0.25) is 5.95 Å². The molecule has 1 N–H and O–H groups in total. The lowest BCUT2D eigenvalue weighted by molar-refractivity contribution is -0.428. The topological polar surface area (TPSA) is 112 Å². The van der Waals surface area contributed by atoms with Crippen molar-refractivity contribution >= 4 is 47.0 Å². The lowest BCUT2D eigenvalue weighted by Gasteiger charge is -2.46. The van der Waals surface area contributed by atoms with Crippen LogP contribution in [-0.2, 0) is 6.54 Å². The zero-order valence-corrected chi connectivity index (χ0v) is 27.6. The fraction of sp³-hybridized carbons (Fsp3) is 0.444. The van der Waals surface area contributed by atoms with E-state index in [0.29, 0.717) is 35.6 Å². The summed E-state index contributed by atoms with van der Waals surface area (Å²) >= 11 is 0. The zero-order chi connectivity index (χ0) is 32.9. The lowest BCUT2D eigenvalue weighted by atomic mass is 9.87. The molecular weight excluding hydrogens is 606 g/mol. The number of aromatic nitrogens is 4. The van der Waals surface area contributed by atoms with Gasteiger partial charge in [0.25, 0.3) is 5.91 Å². The number of carbonyl (C=O) groups excluding carboxylic acids is 2. The molecule has 3 fully saturated rings. The Morgan fingerprint density at radius 1 is 1.02 bits per heavy atom. The molecule has 1 aromatic carbocycles. The standard InChI is InChI=1S/C36H41N9O3/c1-41(2)35(47)30-17-23-20-38-36(40-33(23)45(30)24-7-4-5-8-24)39-32-12-11-25(21-37-32)43-13-15-44(16-14-43)26-18-27(19-26)48-31-10-6-9-28-29(31)22-42(3)34(28)46/h6,9-12,17,20-21,24,26-27H,3-5,7-8,13-16,18-19,22H2,1-2H3/p+1. The number of carbonyl (C=O) groups is 2. The minimum Gasteiger partial charge on any atom is -0.490 e. The molecule has 2 amide bonds. The Hall–Kier alpha value is -4.84. The fourth-order valence-corrected chi connectivity index (χ4v) is 7.69. The molecule has 0 radical (unpaired) electrons. The van der Waals surface area contributed by atoms with Crippen LogP contribution in [0.25, 0.3) is 11.0 Å². The highest BCUT2D eigenvalue weighted by Crippen LogP contribution is 2.36. The summed E-state index contributed by atoms with van der Waals surface area (Å²) in [6, 6.07) is 12.5. The summed E-state index contributed by atoms with van der Waals surface area (Å²) in [7, 11) is 3.57. The van der Waals surface area contributed by atoms with E-state index < -0.39 is 0 Å². The number of hydrogen-bond acceptors (Lipinski definition) is 9. The molecule has 0 unspecified atom stereocenters. The summed E-state index contributed by atoms with van der Waals surface area (Å²) in [4.78, 5) is 46.0. The number of pyridine rings is 1. The molecule has 0 atom stereocenters. The van der Waals surface area contributed by atoms with Crippen LogP contribution >= 0.6 is 0 Å². The van der Waals surface area contributed by atoms with Crippen molar-refractivity contribution in [1.82, 2.24) is 29.3 Å². The van der Waals surface area contributed by atoms with Gasteiger partial charge in [-0.1, -0.05) is 18.9 Å². The highest BCUT2D eigenvalue weighted by atomic mass is 16.5. The molecule has 2 saturated carbocycles. The molecule has 0 spiro atoms. The second kappa shape index (κ2) is 12.3. The van der Waals surface area contributed by atoms with Crippen LogP contribution in [0.5, 0.6) is 5.75 Å². The molecule has 0 bridgehead atoms. The van der Waals surface area contributed by atoms with Gasteiger partial charge >= 0.3 is 5.91 Å². The van der Waals surface area contributed by atoms with Crippen molar-refractivity contribution < 1.29 is 18.9 Å². The van der Waals surface area contributed by atoms with E-state index >= 15 is 0 Å². The Bertz CT molecular complexity index is 1880. The molecule has 2 aliphatic carbocycles. The van der Waals surface area contributed by atoms with Crippen molar-refractivity contribution in [2.75, 3.05) is 50.5 Å². The first kappa shape index (κ1) is 30.5. The number of fused-ring (bicyclic) bond motifs is 2. The van der Waals surface area contributed by atoms with E-state index in [2.05, 4.69) is 37.5 Å². The van der Waals surface area contributed by atoms with E-state index in [9.17, 15) is 9.59 Å². The van der Waals surface area contributed by atoms with Crippen LogP contribution in [0, 0.1) is 0 Å². The van der Waals surface area contributed by atoms with Gasteiger partial charge in [-0.15, -0.1) is 0 Å². The predicted octanol–water partition coefficient (Wildman–Crippen LogP) is 4.49. The summed E-state index contributed by atoms with van der Waals surface area (Å²) in [6.45, 7) is 8.22. The van der Waals surface area contributed by atoms with Gasteiger partial charge in [0.1, 0.15) is 41.3 Å². The number of nitrogens with one attached hydrogen (secondary N) is 1. The maximum Gasteiger partial charge on any atom is 0.419 e. The zero-order valence-electron chi connectivity index (χ0n) is 27.6. The Labute approximate surface area is 280 Å². The summed E-state index contributed by atoms with van der Waals surface area (Å²) in [5.41, 5.74) is 4.22. The van der Waals surface area contributed by atoms with Crippen molar-refractivity contribution in [3.8, 4) is 5.75 Å². The SMILES string of the molecule is C=[N+]1Cc2c(OC3CC(N4CCN(c5ccc(Nc6ncc7cc(C(=O)N(C)C)n(C8CCCC8)c7n6)nc5)CC4)C3)cccc2C1=O. The molecule has 4 aromatic rings. The number of benzene rings is 1. The highest BCUT2D eigenvalue weighted by molar-refractivity contribution is 5.98. The van der Waals surface area contributed by atoms with Crippen LogP contribution in [0.3, 0.4) is 0 Å². The molecule has 5 heterocycles. The van der Waals surface area contributed by atoms with Gasteiger partial charge in [0, 0.05) is 76.8 Å². The average Bonchev–Trinajstić information content (AvgIpc) is 3.81. The first-order chi connectivity index (χ1) is 23.3. The van der Waals surface area contributed by atoms with E-state index in [1.807, 2.05) is 36.5 Å². The predicted molar refractivity (Wildman–Crippen MR) is 184 cm³/mol. The Morgan fingerprint density at radius 3 is 2.54 bits per heavy atom. The first-order valence-corrected chi connectivity index (χ1v) is 17.0. The van der Waals surface area contributed by atoms with Gasteiger partial charge in [-0.3, -0.25) is 9.69 Å². The Kier molecular flexibility index (Phi) is 7.82. The van der Waals surface area contributed by atoms with E-state index in [4.69, 9.17) is 14.7 Å². The van der Waals surface area contributed by atoms with E-state index in [0.717, 1.165) is 92.7 Å². The Morgan fingerprint density at radius 2 is 1.81 bits per heavy atom. The van der Waals surface area contributed by atoms with E-state index in [1.165, 1.54) is 4.58 Å². The first-order valence-electron chi connectivity index (χ1n) is 17.0. The third kappa shape index (κ3) is 5.57. The largest absolute Gasteiger partial charge is 0.490 e. The van der Waals surface area contributed by atoms with Crippen LogP contribution < -0.4 is 15.0 Å².